The maximum absolute atomic E-state index is 12.3. The number of nitrogens with one attached hydrogen (secondary N) is 1. The summed E-state index contributed by atoms with van der Waals surface area (Å²) < 4.78 is 5.64. The molecule has 21 heavy (non-hydrogen) atoms. The smallest absolute Gasteiger partial charge is 0.265 e. The topological polar surface area (TPSA) is 44.8 Å². The summed E-state index contributed by atoms with van der Waals surface area (Å²) in [5.41, 5.74) is 2.09. The Bertz CT molecular complexity index is 512. The van der Waals surface area contributed by atoms with E-state index in [4.69, 9.17) is 4.74 Å². The number of anilines is 2. The third-order valence-corrected chi connectivity index (χ3v) is 4.09. The molecule has 1 N–H and O–H groups in total. The van der Waals surface area contributed by atoms with Gasteiger partial charge in [0.15, 0.2) is 6.61 Å². The van der Waals surface area contributed by atoms with Gasteiger partial charge in [-0.1, -0.05) is 19.4 Å². The van der Waals surface area contributed by atoms with Crippen molar-refractivity contribution >= 4 is 17.3 Å². The molecule has 1 fully saturated rings. The number of nitrogens with zero attached hydrogens (tertiary/aromatic N) is 2. The van der Waals surface area contributed by atoms with E-state index in [0.717, 1.165) is 62.7 Å². The minimum atomic E-state index is 0.0681. The van der Waals surface area contributed by atoms with Crippen LogP contribution in [0.2, 0.25) is 0 Å². The van der Waals surface area contributed by atoms with Crippen molar-refractivity contribution < 1.29 is 9.53 Å². The summed E-state index contributed by atoms with van der Waals surface area (Å²) in [6.07, 6.45) is 2.09. The van der Waals surface area contributed by atoms with Crippen molar-refractivity contribution in [2.45, 2.75) is 19.8 Å². The van der Waals surface area contributed by atoms with Gasteiger partial charge in [0.2, 0.25) is 0 Å². The highest BCUT2D eigenvalue weighted by atomic mass is 16.5. The van der Waals surface area contributed by atoms with E-state index in [-0.39, 0.29) is 12.5 Å². The molecule has 0 aromatic heterocycles. The van der Waals surface area contributed by atoms with Crippen molar-refractivity contribution in [1.29, 1.82) is 0 Å². The molecule has 5 heteroatoms. The summed E-state index contributed by atoms with van der Waals surface area (Å²) in [6.45, 7) is 6.96. The summed E-state index contributed by atoms with van der Waals surface area (Å²) in [7, 11) is 0. The monoisotopic (exact) mass is 289 g/mol. The van der Waals surface area contributed by atoms with Crippen LogP contribution in [0.5, 0.6) is 5.75 Å². The van der Waals surface area contributed by atoms with Crippen LogP contribution < -0.4 is 19.9 Å². The molecule has 1 aromatic rings. The van der Waals surface area contributed by atoms with Gasteiger partial charge < -0.3 is 19.9 Å². The van der Waals surface area contributed by atoms with Crippen LogP contribution in [0.4, 0.5) is 11.4 Å². The molecule has 2 aliphatic rings. The van der Waals surface area contributed by atoms with Crippen LogP contribution in [0.3, 0.4) is 0 Å². The van der Waals surface area contributed by atoms with E-state index >= 15 is 0 Å². The number of hydrogen-bond donors (Lipinski definition) is 1. The highest BCUT2D eigenvalue weighted by molar-refractivity contribution is 6.01. The Kier molecular flexibility index (Phi) is 4.29. The van der Waals surface area contributed by atoms with Crippen LogP contribution in [-0.4, -0.2) is 45.2 Å². The molecular weight excluding hydrogens is 266 g/mol. The second-order valence-corrected chi connectivity index (χ2v) is 5.55. The lowest BCUT2D eigenvalue weighted by Gasteiger charge is -2.36. The van der Waals surface area contributed by atoms with Crippen LogP contribution in [0.15, 0.2) is 18.2 Å². The largest absolute Gasteiger partial charge is 0.481 e. The van der Waals surface area contributed by atoms with Crippen molar-refractivity contribution in [1.82, 2.24) is 5.32 Å². The number of piperazine rings is 1. The summed E-state index contributed by atoms with van der Waals surface area (Å²) in [4.78, 5) is 16.5. The fraction of sp³-hybridized carbons (Fsp3) is 0.562. The molecule has 114 valence electrons. The van der Waals surface area contributed by atoms with Crippen LogP contribution in [0, 0.1) is 0 Å². The first-order valence-corrected chi connectivity index (χ1v) is 7.83. The number of benzene rings is 1. The number of rotatable bonds is 4. The zero-order chi connectivity index (χ0) is 14.7. The molecule has 0 unspecified atom stereocenters. The quantitative estimate of drug-likeness (QED) is 0.915. The average molecular weight is 289 g/mol. The van der Waals surface area contributed by atoms with Crippen LogP contribution in [0.25, 0.3) is 0 Å². The summed E-state index contributed by atoms with van der Waals surface area (Å²) in [6, 6.07) is 6.08. The number of carbonyl (C=O) groups excluding carboxylic acids is 1. The number of hydrogen-bond acceptors (Lipinski definition) is 4. The predicted octanol–water partition coefficient (Wildman–Crippen LogP) is 1.62. The summed E-state index contributed by atoms with van der Waals surface area (Å²) >= 11 is 0. The van der Waals surface area contributed by atoms with E-state index in [0.29, 0.717) is 0 Å². The maximum atomic E-state index is 12.3. The lowest BCUT2D eigenvalue weighted by atomic mass is 10.1. The molecule has 0 atom stereocenters. The minimum absolute atomic E-state index is 0.0681. The number of unbranched alkanes of at least 4 members (excludes halogenated alkanes) is 1. The van der Waals surface area contributed by atoms with Gasteiger partial charge >= 0.3 is 0 Å². The van der Waals surface area contributed by atoms with Gasteiger partial charge in [0.1, 0.15) is 11.4 Å². The molecule has 0 aliphatic carbocycles. The molecule has 1 aromatic carbocycles. The van der Waals surface area contributed by atoms with Crippen molar-refractivity contribution in [3.05, 3.63) is 18.2 Å². The van der Waals surface area contributed by atoms with Crippen molar-refractivity contribution in [3.8, 4) is 5.75 Å². The SMILES string of the molecule is CCCCN1C(=O)COc2cccc(N3CCNCC3)c21. The molecule has 0 bridgehead atoms. The second-order valence-electron chi connectivity index (χ2n) is 5.55. The van der Waals surface area contributed by atoms with Crippen LogP contribution >= 0.6 is 0 Å². The Morgan fingerprint density at radius 3 is 2.86 bits per heavy atom. The molecular formula is C16H23N3O2. The first-order valence-electron chi connectivity index (χ1n) is 7.83. The van der Waals surface area contributed by atoms with E-state index in [2.05, 4.69) is 23.2 Å². The highest BCUT2D eigenvalue weighted by Gasteiger charge is 2.29. The van der Waals surface area contributed by atoms with Gasteiger partial charge in [0.05, 0.1) is 5.69 Å². The number of ether oxygens (including phenoxy) is 1. The van der Waals surface area contributed by atoms with Gasteiger partial charge in [-0.15, -0.1) is 0 Å². The van der Waals surface area contributed by atoms with Gasteiger partial charge in [-0.2, -0.15) is 0 Å². The summed E-state index contributed by atoms with van der Waals surface area (Å²) in [5, 5.41) is 3.37. The maximum Gasteiger partial charge on any atom is 0.265 e. The number of para-hydroxylation sites is 1. The second kappa shape index (κ2) is 6.35. The van der Waals surface area contributed by atoms with E-state index in [9.17, 15) is 4.79 Å². The molecule has 5 nitrogen and oxygen atoms in total. The zero-order valence-electron chi connectivity index (χ0n) is 12.6. The number of fused-ring (bicyclic) bond motifs is 1. The average Bonchev–Trinajstić information content (AvgIpc) is 2.54. The van der Waals surface area contributed by atoms with Crippen LogP contribution in [-0.2, 0) is 4.79 Å². The lowest BCUT2D eigenvalue weighted by molar-refractivity contribution is -0.121. The van der Waals surface area contributed by atoms with Gasteiger partial charge in [0.25, 0.3) is 5.91 Å². The summed E-state index contributed by atoms with van der Waals surface area (Å²) in [5.74, 6) is 0.903. The van der Waals surface area contributed by atoms with Gasteiger partial charge in [-0.3, -0.25) is 4.79 Å². The molecule has 1 saturated heterocycles. The first kappa shape index (κ1) is 14.2. The normalized spacial score (nSPS) is 18.4. The third kappa shape index (κ3) is 2.83. The van der Waals surface area contributed by atoms with Crippen molar-refractivity contribution in [2.24, 2.45) is 0 Å². The van der Waals surface area contributed by atoms with Crippen LogP contribution in [0.1, 0.15) is 19.8 Å². The standard InChI is InChI=1S/C16H23N3O2/c1-2-3-9-19-15(20)12-21-14-6-4-5-13(16(14)19)18-10-7-17-8-11-18/h4-6,17H,2-3,7-12H2,1H3. The molecule has 3 rings (SSSR count). The Labute approximate surface area is 125 Å². The lowest BCUT2D eigenvalue weighted by Crippen LogP contribution is -2.45. The molecule has 0 spiro atoms. The Morgan fingerprint density at radius 1 is 1.29 bits per heavy atom. The van der Waals surface area contributed by atoms with E-state index < -0.39 is 0 Å². The molecule has 0 radical (unpaired) electrons. The fourth-order valence-electron chi connectivity index (χ4n) is 2.95. The number of amides is 1. The Morgan fingerprint density at radius 2 is 2.10 bits per heavy atom. The van der Waals surface area contributed by atoms with Crippen molar-refractivity contribution in [3.63, 3.8) is 0 Å². The van der Waals surface area contributed by atoms with Gasteiger partial charge in [0, 0.05) is 32.7 Å². The third-order valence-electron chi connectivity index (χ3n) is 4.09. The molecule has 2 aliphatic heterocycles. The van der Waals surface area contributed by atoms with E-state index in [1.54, 1.807) is 0 Å². The zero-order valence-corrected chi connectivity index (χ0v) is 12.6. The molecule has 0 saturated carbocycles. The number of carbonyl (C=O) groups is 1. The Balaban J connectivity index is 1.96. The van der Waals surface area contributed by atoms with Gasteiger partial charge in [-0.05, 0) is 18.6 Å². The van der Waals surface area contributed by atoms with E-state index in [1.807, 2.05) is 17.0 Å². The van der Waals surface area contributed by atoms with Crippen molar-refractivity contribution in [2.75, 3.05) is 49.1 Å². The minimum Gasteiger partial charge on any atom is -0.481 e. The van der Waals surface area contributed by atoms with E-state index in [1.165, 1.54) is 0 Å². The van der Waals surface area contributed by atoms with Gasteiger partial charge in [-0.25, -0.2) is 0 Å². The fourth-order valence-corrected chi connectivity index (χ4v) is 2.95. The molecule has 1 amide bonds. The molecule has 2 heterocycles. The Hall–Kier alpha value is -1.75. The highest BCUT2D eigenvalue weighted by Crippen LogP contribution is 2.41. The predicted molar refractivity (Wildman–Crippen MR) is 84.3 cm³/mol. The first-order chi connectivity index (χ1) is 10.3.